The molecule has 2 nitrogen and oxygen atoms in total. The highest BCUT2D eigenvalue weighted by Gasteiger charge is 2.22. The lowest BCUT2D eigenvalue weighted by Crippen LogP contribution is -2.00. The molecule has 1 heterocycles. The van der Waals surface area contributed by atoms with Gasteiger partial charge >= 0.3 is 0 Å². The minimum absolute atomic E-state index is 0.196. The first-order valence-corrected chi connectivity index (χ1v) is 4.44. The number of fused-ring (bicyclic) bond motifs is 1. The van der Waals surface area contributed by atoms with Gasteiger partial charge in [-0.3, -0.25) is 4.98 Å². The Kier molecular flexibility index (Phi) is 2.03. The molecule has 0 unspecified atom stereocenters. The van der Waals surface area contributed by atoms with Crippen molar-refractivity contribution in [2.24, 2.45) is 0 Å². The largest absolute Gasteiger partial charge is 0.396 e. The van der Waals surface area contributed by atoms with E-state index in [-0.39, 0.29) is 12.5 Å². The summed E-state index contributed by atoms with van der Waals surface area (Å²) >= 11 is 5.79. The maximum absolute atomic E-state index is 9.01. The summed E-state index contributed by atoms with van der Waals surface area (Å²) in [6.45, 7) is 0.196. The lowest BCUT2D eigenvalue weighted by Gasteiger charge is -2.05. The zero-order valence-electron chi connectivity index (χ0n) is 6.63. The third kappa shape index (κ3) is 1.21. The van der Waals surface area contributed by atoms with E-state index in [9.17, 15) is 0 Å². The fourth-order valence-electron chi connectivity index (χ4n) is 1.70. The Bertz CT molecular complexity index is 301. The highest BCUT2D eigenvalue weighted by atomic mass is 35.5. The van der Waals surface area contributed by atoms with Crippen LogP contribution in [0.1, 0.15) is 23.6 Å². The second kappa shape index (κ2) is 3.04. The van der Waals surface area contributed by atoms with Gasteiger partial charge in [-0.05, 0) is 24.5 Å². The minimum atomic E-state index is 0.196. The van der Waals surface area contributed by atoms with Crippen LogP contribution in [0.25, 0.3) is 0 Å². The van der Waals surface area contributed by atoms with Crippen LogP contribution in [0.3, 0.4) is 0 Å². The van der Waals surface area contributed by atoms with E-state index in [2.05, 4.69) is 4.98 Å². The van der Waals surface area contributed by atoms with Crippen LogP contribution in [0, 0.1) is 0 Å². The summed E-state index contributed by atoms with van der Waals surface area (Å²) in [5.41, 5.74) is 2.23. The zero-order valence-corrected chi connectivity index (χ0v) is 7.38. The number of halogens is 1. The summed E-state index contributed by atoms with van der Waals surface area (Å²) in [5, 5.41) is 9.70. The van der Waals surface area contributed by atoms with E-state index in [1.807, 2.05) is 6.07 Å². The first kappa shape index (κ1) is 8.02. The molecule has 2 rings (SSSR count). The average molecular weight is 184 g/mol. The van der Waals surface area contributed by atoms with Crippen LogP contribution in [0.2, 0.25) is 5.02 Å². The van der Waals surface area contributed by atoms with Gasteiger partial charge in [0.1, 0.15) is 0 Å². The molecule has 1 aliphatic rings. The van der Waals surface area contributed by atoms with Gasteiger partial charge in [-0.2, -0.15) is 0 Å². The standard InChI is InChI=1S/C9H10ClNO/c10-8-3-6-1-2-7(5-12)9(6)11-4-8/h3-4,7,12H,1-2,5H2/t7-/m0/s1. The molecule has 0 aromatic carbocycles. The summed E-state index contributed by atoms with van der Waals surface area (Å²) in [5.74, 6) is 0.234. The summed E-state index contributed by atoms with van der Waals surface area (Å²) in [7, 11) is 0. The predicted molar refractivity (Wildman–Crippen MR) is 47.4 cm³/mol. The fourth-order valence-corrected chi connectivity index (χ4v) is 1.88. The van der Waals surface area contributed by atoms with Gasteiger partial charge < -0.3 is 5.11 Å². The SMILES string of the molecule is OC[C@@H]1CCc2cc(Cl)cnc21. The van der Waals surface area contributed by atoms with Crippen LogP contribution in [-0.4, -0.2) is 16.7 Å². The molecular weight excluding hydrogens is 174 g/mol. The predicted octanol–water partition coefficient (Wildman–Crippen LogP) is 1.76. The first-order chi connectivity index (χ1) is 5.81. The number of aromatic nitrogens is 1. The molecule has 64 valence electrons. The molecule has 0 fully saturated rings. The number of aliphatic hydroxyl groups is 1. The van der Waals surface area contributed by atoms with Gasteiger partial charge in [-0.25, -0.2) is 0 Å². The Morgan fingerprint density at radius 1 is 1.67 bits per heavy atom. The lowest BCUT2D eigenvalue weighted by molar-refractivity contribution is 0.263. The van der Waals surface area contributed by atoms with Crippen LogP contribution in [0.5, 0.6) is 0 Å². The van der Waals surface area contributed by atoms with Crippen LogP contribution in [0.15, 0.2) is 12.3 Å². The molecule has 1 N–H and O–H groups in total. The van der Waals surface area contributed by atoms with Gasteiger partial charge in [0.15, 0.2) is 0 Å². The van der Waals surface area contributed by atoms with Gasteiger partial charge in [0.2, 0.25) is 0 Å². The molecule has 0 spiro atoms. The van der Waals surface area contributed by atoms with Crippen LogP contribution < -0.4 is 0 Å². The van der Waals surface area contributed by atoms with Crippen molar-refractivity contribution in [1.82, 2.24) is 4.98 Å². The van der Waals surface area contributed by atoms with Crippen molar-refractivity contribution in [3.63, 3.8) is 0 Å². The Labute approximate surface area is 76.2 Å². The zero-order chi connectivity index (χ0) is 8.55. The quantitative estimate of drug-likeness (QED) is 0.720. The molecule has 1 aromatic heterocycles. The number of nitrogens with zero attached hydrogens (tertiary/aromatic N) is 1. The molecular formula is C9H10ClNO. The Balaban J connectivity index is 2.40. The average Bonchev–Trinajstić information content (AvgIpc) is 2.46. The van der Waals surface area contributed by atoms with E-state index in [1.165, 1.54) is 5.56 Å². The summed E-state index contributed by atoms with van der Waals surface area (Å²) in [4.78, 5) is 4.22. The Morgan fingerprint density at radius 2 is 2.50 bits per heavy atom. The van der Waals surface area contributed by atoms with Crippen molar-refractivity contribution >= 4 is 11.6 Å². The molecule has 12 heavy (non-hydrogen) atoms. The molecule has 0 amide bonds. The number of aliphatic hydroxyl groups excluding tert-OH is 1. The van der Waals surface area contributed by atoms with Gasteiger partial charge in [-0.15, -0.1) is 0 Å². The molecule has 0 bridgehead atoms. The maximum Gasteiger partial charge on any atom is 0.0592 e. The van der Waals surface area contributed by atoms with Crippen molar-refractivity contribution in [2.45, 2.75) is 18.8 Å². The number of hydrogen-bond donors (Lipinski definition) is 1. The van der Waals surface area contributed by atoms with Gasteiger partial charge in [0.05, 0.1) is 11.6 Å². The summed E-state index contributed by atoms with van der Waals surface area (Å²) in [6.07, 6.45) is 3.64. The normalized spacial score (nSPS) is 21.0. The lowest BCUT2D eigenvalue weighted by atomic mass is 10.1. The summed E-state index contributed by atoms with van der Waals surface area (Å²) < 4.78 is 0. The van der Waals surface area contributed by atoms with Crippen LogP contribution in [0.4, 0.5) is 0 Å². The van der Waals surface area contributed by atoms with Gasteiger partial charge in [0.25, 0.3) is 0 Å². The fraction of sp³-hybridized carbons (Fsp3) is 0.444. The maximum atomic E-state index is 9.01. The monoisotopic (exact) mass is 183 g/mol. The number of hydrogen-bond acceptors (Lipinski definition) is 2. The van der Waals surface area contributed by atoms with Crippen LogP contribution >= 0.6 is 11.6 Å². The number of pyridine rings is 1. The van der Waals surface area contributed by atoms with E-state index in [1.54, 1.807) is 6.20 Å². The highest BCUT2D eigenvalue weighted by Crippen LogP contribution is 2.31. The number of rotatable bonds is 1. The molecule has 0 saturated heterocycles. The molecule has 1 atom stereocenters. The van der Waals surface area contributed by atoms with Crippen LogP contribution in [-0.2, 0) is 6.42 Å². The van der Waals surface area contributed by atoms with Gasteiger partial charge in [-0.1, -0.05) is 11.6 Å². The molecule has 0 saturated carbocycles. The third-order valence-corrected chi connectivity index (χ3v) is 2.54. The topological polar surface area (TPSA) is 33.1 Å². The van der Waals surface area contributed by atoms with Crippen molar-refractivity contribution in [2.75, 3.05) is 6.61 Å². The Morgan fingerprint density at radius 3 is 3.25 bits per heavy atom. The van der Waals surface area contributed by atoms with E-state index in [0.717, 1.165) is 18.5 Å². The first-order valence-electron chi connectivity index (χ1n) is 4.06. The summed E-state index contributed by atoms with van der Waals surface area (Å²) in [6, 6.07) is 1.94. The van der Waals surface area contributed by atoms with Crippen molar-refractivity contribution < 1.29 is 5.11 Å². The molecule has 3 heteroatoms. The highest BCUT2D eigenvalue weighted by molar-refractivity contribution is 6.30. The van der Waals surface area contributed by atoms with Crippen molar-refractivity contribution in [1.29, 1.82) is 0 Å². The second-order valence-corrected chi connectivity index (χ2v) is 3.55. The second-order valence-electron chi connectivity index (χ2n) is 3.12. The van der Waals surface area contributed by atoms with Gasteiger partial charge in [0, 0.05) is 17.8 Å². The molecule has 1 aliphatic carbocycles. The minimum Gasteiger partial charge on any atom is -0.396 e. The molecule has 0 radical (unpaired) electrons. The number of aryl methyl sites for hydroxylation is 1. The molecule has 0 aliphatic heterocycles. The Hall–Kier alpha value is -0.600. The van der Waals surface area contributed by atoms with Crippen molar-refractivity contribution in [3.8, 4) is 0 Å². The third-order valence-electron chi connectivity index (χ3n) is 2.34. The van der Waals surface area contributed by atoms with E-state index in [4.69, 9.17) is 16.7 Å². The van der Waals surface area contributed by atoms with E-state index < -0.39 is 0 Å². The van der Waals surface area contributed by atoms with E-state index in [0.29, 0.717) is 5.02 Å². The van der Waals surface area contributed by atoms with Crippen molar-refractivity contribution in [3.05, 3.63) is 28.5 Å². The van der Waals surface area contributed by atoms with E-state index >= 15 is 0 Å². The molecule has 1 aromatic rings. The smallest absolute Gasteiger partial charge is 0.0592 e.